The number of fused-ring (bicyclic) bond motifs is 1. The summed E-state index contributed by atoms with van der Waals surface area (Å²) in [5.41, 5.74) is 4.65. The summed E-state index contributed by atoms with van der Waals surface area (Å²) < 4.78 is 11.4. The molecule has 5 N–H and O–H groups in total. The molecular weight excluding hydrogens is 556 g/mol. The summed E-state index contributed by atoms with van der Waals surface area (Å²) in [7, 11) is 1.60. The molecule has 0 aliphatic carbocycles. The van der Waals surface area contributed by atoms with Crippen LogP contribution in [0.1, 0.15) is 28.4 Å². The van der Waals surface area contributed by atoms with E-state index in [1.165, 1.54) is 6.07 Å². The number of para-hydroxylation sites is 1. The lowest BCUT2D eigenvalue weighted by Gasteiger charge is -2.17. The SMILES string of the molecule is COc1ccccc1CNC(=O)Nc1cccc(CCNC[C@@H](O)c2ccc(OCc3ccccc3)c3[nH]c(=O)ccc23)c1. The van der Waals surface area contributed by atoms with Crippen molar-refractivity contribution in [2.24, 2.45) is 0 Å². The minimum absolute atomic E-state index is 0.238. The zero-order valence-electron chi connectivity index (χ0n) is 24.5. The first-order valence-electron chi connectivity index (χ1n) is 14.5. The lowest BCUT2D eigenvalue weighted by atomic mass is 10.0. The van der Waals surface area contributed by atoms with E-state index >= 15 is 0 Å². The summed E-state index contributed by atoms with van der Waals surface area (Å²) in [5.74, 6) is 1.27. The van der Waals surface area contributed by atoms with Crippen LogP contribution >= 0.6 is 0 Å². The van der Waals surface area contributed by atoms with Crippen molar-refractivity contribution in [3.8, 4) is 11.5 Å². The molecule has 0 aliphatic heterocycles. The number of aliphatic hydroxyl groups is 1. The molecule has 0 radical (unpaired) electrons. The van der Waals surface area contributed by atoms with Crippen molar-refractivity contribution in [3.05, 3.63) is 136 Å². The molecular formula is C35H36N4O5. The number of ether oxygens (including phenoxy) is 2. The van der Waals surface area contributed by atoms with Crippen molar-refractivity contribution < 1.29 is 19.4 Å². The third-order valence-electron chi connectivity index (χ3n) is 7.23. The van der Waals surface area contributed by atoms with E-state index in [4.69, 9.17) is 9.47 Å². The van der Waals surface area contributed by atoms with Gasteiger partial charge in [0.2, 0.25) is 5.56 Å². The highest BCUT2D eigenvalue weighted by Gasteiger charge is 2.15. The Morgan fingerprint density at radius 2 is 1.68 bits per heavy atom. The predicted molar refractivity (Wildman–Crippen MR) is 172 cm³/mol. The Kier molecular flexibility index (Phi) is 10.2. The Bertz CT molecular complexity index is 1760. The number of H-pyrrole nitrogens is 1. The first-order chi connectivity index (χ1) is 21.5. The number of nitrogens with one attached hydrogen (secondary N) is 4. The van der Waals surface area contributed by atoms with Crippen molar-refractivity contribution in [2.45, 2.75) is 25.7 Å². The van der Waals surface area contributed by atoms with Crippen LogP contribution in [0.4, 0.5) is 10.5 Å². The molecule has 9 heteroatoms. The lowest BCUT2D eigenvalue weighted by Crippen LogP contribution is -2.28. The summed E-state index contributed by atoms with van der Waals surface area (Å²) in [6.45, 7) is 1.65. The highest BCUT2D eigenvalue weighted by Crippen LogP contribution is 2.30. The number of urea groups is 1. The molecule has 5 rings (SSSR count). The average molecular weight is 593 g/mol. The average Bonchev–Trinajstić information content (AvgIpc) is 3.05. The Morgan fingerprint density at radius 1 is 0.886 bits per heavy atom. The number of pyridine rings is 1. The largest absolute Gasteiger partial charge is 0.496 e. The van der Waals surface area contributed by atoms with Crippen molar-refractivity contribution in [1.82, 2.24) is 15.6 Å². The van der Waals surface area contributed by atoms with Gasteiger partial charge >= 0.3 is 6.03 Å². The Balaban J connectivity index is 1.13. The fraction of sp³-hybridized carbons (Fsp3) is 0.200. The second-order valence-corrected chi connectivity index (χ2v) is 10.3. The molecule has 0 saturated heterocycles. The van der Waals surface area contributed by atoms with Crippen LogP contribution in [-0.4, -0.2) is 36.3 Å². The normalized spacial score (nSPS) is 11.6. The van der Waals surface area contributed by atoms with Crippen LogP contribution < -0.4 is 31.0 Å². The highest BCUT2D eigenvalue weighted by molar-refractivity contribution is 5.89. The number of carbonyl (C=O) groups excluding carboxylic acids is 1. The third kappa shape index (κ3) is 8.03. The molecule has 5 aromatic rings. The standard InChI is InChI=1S/C35H36N4O5/c1-43-31-13-6-5-11-26(31)21-37-35(42)38-27-12-7-10-24(20-27)18-19-36-22-30(40)28-14-16-32(34-29(28)15-17-33(41)39-34)44-23-25-8-3-2-4-9-25/h2-17,20,30,36,40H,18-19,21-23H2,1H3,(H,39,41)(H2,37,38,42)/t30-/m1/s1. The van der Waals surface area contributed by atoms with Crippen molar-refractivity contribution in [3.63, 3.8) is 0 Å². The number of amides is 2. The molecule has 0 aliphatic rings. The van der Waals surface area contributed by atoms with Gasteiger partial charge in [-0.15, -0.1) is 0 Å². The van der Waals surface area contributed by atoms with E-state index in [9.17, 15) is 14.7 Å². The maximum atomic E-state index is 12.5. The van der Waals surface area contributed by atoms with Gasteiger partial charge in [0, 0.05) is 35.8 Å². The van der Waals surface area contributed by atoms with Gasteiger partial charge < -0.3 is 35.5 Å². The summed E-state index contributed by atoms with van der Waals surface area (Å²) in [4.78, 5) is 27.5. The first kappa shape index (κ1) is 30.3. The quantitative estimate of drug-likeness (QED) is 0.118. The van der Waals surface area contributed by atoms with E-state index in [1.807, 2.05) is 84.9 Å². The van der Waals surface area contributed by atoms with Crippen LogP contribution in [0.15, 0.2) is 108 Å². The zero-order chi connectivity index (χ0) is 30.7. The summed E-state index contributed by atoms with van der Waals surface area (Å²) in [6, 6.07) is 31.5. The van der Waals surface area contributed by atoms with E-state index < -0.39 is 6.10 Å². The minimum Gasteiger partial charge on any atom is -0.496 e. The number of hydrogen-bond donors (Lipinski definition) is 5. The van der Waals surface area contributed by atoms with Crippen LogP contribution in [0.5, 0.6) is 11.5 Å². The van der Waals surface area contributed by atoms with E-state index in [2.05, 4.69) is 20.9 Å². The van der Waals surface area contributed by atoms with E-state index in [0.29, 0.717) is 55.2 Å². The van der Waals surface area contributed by atoms with Crippen LogP contribution in [0, 0.1) is 0 Å². The molecule has 1 heterocycles. The molecule has 0 bridgehead atoms. The maximum absolute atomic E-state index is 12.5. The Labute approximate surface area is 255 Å². The number of carbonyl (C=O) groups is 1. The van der Waals surface area contributed by atoms with Gasteiger partial charge in [-0.1, -0.05) is 66.7 Å². The second-order valence-electron chi connectivity index (χ2n) is 10.3. The van der Waals surface area contributed by atoms with Crippen molar-refractivity contribution in [2.75, 3.05) is 25.5 Å². The molecule has 1 atom stereocenters. The number of aromatic nitrogens is 1. The fourth-order valence-electron chi connectivity index (χ4n) is 4.98. The lowest BCUT2D eigenvalue weighted by molar-refractivity contribution is 0.176. The van der Waals surface area contributed by atoms with E-state index in [1.54, 1.807) is 19.2 Å². The van der Waals surface area contributed by atoms with Crippen LogP contribution in [0.25, 0.3) is 10.9 Å². The van der Waals surface area contributed by atoms with Gasteiger partial charge in [-0.3, -0.25) is 4.79 Å². The topological polar surface area (TPSA) is 125 Å². The molecule has 1 aromatic heterocycles. The Morgan fingerprint density at radius 3 is 2.52 bits per heavy atom. The third-order valence-corrected chi connectivity index (χ3v) is 7.23. The number of anilines is 1. The Hall–Kier alpha value is -5.12. The number of aromatic amines is 1. The fourth-order valence-corrected chi connectivity index (χ4v) is 4.98. The number of methoxy groups -OCH3 is 1. The molecule has 0 unspecified atom stereocenters. The van der Waals surface area contributed by atoms with Gasteiger partial charge in [-0.25, -0.2) is 4.79 Å². The monoisotopic (exact) mass is 592 g/mol. The summed E-state index contributed by atoms with van der Waals surface area (Å²) in [6.07, 6.45) is -0.0997. The molecule has 4 aromatic carbocycles. The number of benzene rings is 4. The molecule has 9 nitrogen and oxygen atoms in total. The van der Waals surface area contributed by atoms with Gasteiger partial charge in [-0.2, -0.15) is 0 Å². The predicted octanol–water partition coefficient (Wildman–Crippen LogP) is 5.30. The van der Waals surface area contributed by atoms with Crippen LogP contribution in [0.3, 0.4) is 0 Å². The minimum atomic E-state index is -0.800. The first-order valence-corrected chi connectivity index (χ1v) is 14.5. The molecule has 0 spiro atoms. The van der Waals surface area contributed by atoms with Gasteiger partial charge in [-0.05, 0) is 60.0 Å². The van der Waals surface area contributed by atoms with E-state index in [0.717, 1.165) is 27.8 Å². The van der Waals surface area contributed by atoms with Crippen molar-refractivity contribution >= 4 is 22.6 Å². The van der Waals surface area contributed by atoms with Crippen molar-refractivity contribution in [1.29, 1.82) is 0 Å². The van der Waals surface area contributed by atoms with Gasteiger partial charge in [0.25, 0.3) is 0 Å². The second kappa shape index (κ2) is 14.9. The zero-order valence-corrected chi connectivity index (χ0v) is 24.5. The molecule has 226 valence electrons. The van der Waals surface area contributed by atoms with Gasteiger partial charge in [0.1, 0.15) is 18.1 Å². The number of rotatable bonds is 13. The molecule has 0 saturated carbocycles. The molecule has 44 heavy (non-hydrogen) atoms. The highest BCUT2D eigenvalue weighted by atomic mass is 16.5. The van der Waals surface area contributed by atoms with E-state index in [-0.39, 0.29) is 11.6 Å². The summed E-state index contributed by atoms with van der Waals surface area (Å²) >= 11 is 0. The maximum Gasteiger partial charge on any atom is 0.319 e. The molecule has 2 amide bonds. The number of hydrogen-bond acceptors (Lipinski definition) is 6. The van der Waals surface area contributed by atoms with Crippen LogP contribution in [0.2, 0.25) is 0 Å². The smallest absolute Gasteiger partial charge is 0.319 e. The molecule has 0 fully saturated rings. The van der Waals surface area contributed by atoms with Gasteiger partial charge in [0.15, 0.2) is 0 Å². The summed E-state index contributed by atoms with van der Waals surface area (Å²) in [5, 5.41) is 20.8. The van der Waals surface area contributed by atoms with Gasteiger partial charge in [0.05, 0.1) is 18.7 Å². The van der Waals surface area contributed by atoms with Crippen LogP contribution in [-0.2, 0) is 19.6 Å². The number of aliphatic hydroxyl groups excluding tert-OH is 1.